The molecule has 0 bridgehead atoms. The van der Waals surface area contributed by atoms with Crippen molar-refractivity contribution in [3.63, 3.8) is 0 Å². The number of piperidine rings is 1. The van der Waals surface area contributed by atoms with Crippen LogP contribution in [0.3, 0.4) is 0 Å². The first-order valence-corrected chi connectivity index (χ1v) is 7.76. The number of hydrogen-bond donors (Lipinski definition) is 1. The van der Waals surface area contributed by atoms with E-state index in [1.54, 1.807) is 0 Å². The van der Waals surface area contributed by atoms with Crippen LogP contribution < -0.4 is 15.5 Å². The van der Waals surface area contributed by atoms with E-state index in [1.165, 1.54) is 12.8 Å². The van der Waals surface area contributed by atoms with Gasteiger partial charge in [-0.2, -0.15) is 15.0 Å². The number of aromatic nitrogens is 3. The van der Waals surface area contributed by atoms with Crippen molar-refractivity contribution in [2.45, 2.75) is 32.7 Å². The maximum absolute atomic E-state index is 5.91. The molecular formula is C14H24N6O. The Morgan fingerprint density at radius 3 is 2.52 bits per heavy atom. The summed E-state index contributed by atoms with van der Waals surface area (Å²) in [5.41, 5.74) is 5.91. The number of ether oxygens (including phenoxy) is 1. The predicted molar refractivity (Wildman–Crippen MR) is 82.5 cm³/mol. The lowest BCUT2D eigenvalue weighted by Gasteiger charge is -2.38. The third kappa shape index (κ3) is 3.02. The van der Waals surface area contributed by atoms with Crippen molar-refractivity contribution in [1.82, 2.24) is 15.0 Å². The standard InChI is InChI=1S/C14H24N6O/c1-10-4-3-5-20(11(10)2)14-17-12(15)16-13(18-14)19-6-8-21-9-7-19/h10-11H,3-9H2,1-2H3,(H2,15,16,17,18). The molecule has 0 spiro atoms. The summed E-state index contributed by atoms with van der Waals surface area (Å²) in [4.78, 5) is 17.7. The van der Waals surface area contributed by atoms with E-state index in [4.69, 9.17) is 10.5 Å². The molecule has 0 saturated carbocycles. The van der Waals surface area contributed by atoms with Crippen LogP contribution in [0.4, 0.5) is 17.8 Å². The lowest BCUT2D eigenvalue weighted by Crippen LogP contribution is -2.44. The molecule has 3 heterocycles. The summed E-state index contributed by atoms with van der Waals surface area (Å²) in [6, 6.07) is 0.429. The van der Waals surface area contributed by atoms with Gasteiger partial charge in [0.2, 0.25) is 17.8 Å². The van der Waals surface area contributed by atoms with Gasteiger partial charge in [-0.05, 0) is 25.7 Å². The van der Waals surface area contributed by atoms with Crippen LogP contribution in [0, 0.1) is 5.92 Å². The van der Waals surface area contributed by atoms with E-state index in [0.29, 0.717) is 43.0 Å². The quantitative estimate of drug-likeness (QED) is 0.868. The number of nitrogens with two attached hydrogens (primary N) is 1. The zero-order valence-corrected chi connectivity index (χ0v) is 12.8. The summed E-state index contributed by atoms with van der Waals surface area (Å²) < 4.78 is 5.37. The zero-order chi connectivity index (χ0) is 14.8. The minimum Gasteiger partial charge on any atom is -0.378 e. The molecule has 3 rings (SSSR count). The van der Waals surface area contributed by atoms with Crippen LogP contribution >= 0.6 is 0 Å². The van der Waals surface area contributed by atoms with Crippen molar-refractivity contribution < 1.29 is 4.74 Å². The average molecular weight is 292 g/mol. The molecule has 21 heavy (non-hydrogen) atoms. The summed E-state index contributed by atoms with van der Waals surface area (Å²) in [7, 11) is 0. The first-order chi connectivity index (χ1) is 10.1. The molecule has 1 aromatic heterocycles. The highest BCUT2D eigenvalue weighted by atomic mass is 16.5. The van der Waals surface area contributed by atoms with Crippen LogP contribution in [0.1, 0.15) is 26.7 Å². The van der Waals surface area contributed by atoms with Gasteiger partial charge in [-0.3, -0.25) is 0 Å². The molecule has 0 aromatic carbocycles. The van der Waals surface area contributed by atoms with Crippen LogP contribution in [-0.2, 0) is 4.74 Å². The van der Waals surface area contributed by atoms with Gasteiger partial charge < -0.3 is 20.3 Å². The Hall–Kier alpha value is -1.63. The second-order valence-electron chi connectivity index (χ2n) is 5.95. The van der Waals surface area contributed by atoms with Crippen molar-refractivity contribution in [3.05, 3.63) is 0 Å². The van der Waals surface area contributed by atoms with E-state index in [1.807, 2.05) is 0 Å². The van der Waals surface area contributed by atoms with Gasteiger partial charge in [-0.1, -0.05) is 6.92 Å². The second kappa shape index (κ2) is 6.01. The molecule has 2 aliphatic heterocycles. The van der Waals surface area contributed by atoms with Crippen molar-refractivity contribution >= 4 is 17.8 Å². The summed E-state index contributed by atoms with van der Waals surface area (Å²) in [6.45, 7) is 8.51. The third-order valence-corrected chi connectivity index (χ3v) is 4.55. The highest BCUT2D eigenvalue weighted by molar-refractivity contribution is 5.44. The van der Waals surface area contributed by atoms with Gasteiger partial charge >= 0.3 is 0 Å². The Bertz CT molecular complexity index is 490. The van der Waals surface area contributed by atoms with E-state index in [2.05, 4.69) is 38.6 Å². The van der Waals surface area contributed by atoms with Gasteiger partial charge in [0, 0.05) is 25.7 Å². The number of nitrogens with zero attached hydrogens (tertiary/aromatic N) is 5. The zero-order valence-electron chi connectivity index (χ0n) is 12.8. The predicted octanol–water partition coefficient (Wildman–Crippen LogP) is 0.915. The molecular weight excluding hydrogens is 268 g/mol. The minimum absolute atomic E-state index is 0.298. The highest BCUT2D eigenvalue weighted by Crippen LogP contribution is 2.27. The smallest absolute Gasteiger partial charge is 0.232 e. The van der Waals surface area contributed by atoms with Crippen LogP contribution in [0.25, 0.3) is 0 Å². The monoisotopic (exact) mass is 292 g/mol. The molecule has 0 amide bonds. The molecule has 2 unspecified atom stereocenters. The summed E-state index contributed by atoms with van der Waals surface area (Å²) in [5.74, 6) is 2.32. The minimum atomic E-state index is 0.298. The van der Waals surface area contributed by atoms with Gasteiger partial charge in [-0.15, -0.1) is 0 Å². The molecule has 0 aliphatic carbocycles. The lowest BCUT2D eigenvalue weighted by molar-refractivity contribution is 0.122. The third-order valence-electron chi connectivity index (χ3n) is 4.55. The average Bonchev–Trinajstić information content (AvgIpc) is 2.50. The molecule has 0 radical (unpaired) electrons. The van der Waals surface area contributed by atoms with Crippen molar-refractivity contribution in [1.29, 1.82) is 0 Å². The molecule has 2 N–H and O–H groups in total. The van der Waals surface area contributed by atoms with Crippen LogP contribution in [-0.4, -0.2) is 53.8 Å². The molecule has 7 nitrogen and oxygen atoms in total. The summed E-state index contributed by atoms with van der Waals surface area (Å²) >= 11 is 0. The Kier molecular flexibility index (Phi) is 4.10. The van der Waals surface area contributed by atoms with E-state index in [0.717, 1.165) is 19.6 Å². The topological polar surface area (TPSA) is 80.4 Å². The normalized spacial score (nSPS) is 27.0. The first-order valence-electron chi connectivity index (χ1n) is 7.76. The Morgan fingerprint density at radius 2 is 1.76 bits per heavy atom. The van der Waals surface area contributed by atoms with Gasteiger partial charge in [-0.25, -0.2) is 0 Å². The molecule has 116 valence electrons. The Labute approximate surface area is 125 Å². The van der Waals surface area contributed by atoms with Crippen molar-refractivity contribution in [3.8, 4) is 0 Å². The lowest BCUT2D eigenvalue weighted by atomic mass is 9.92. The number of nitrogen functional groups attached to an aromatic ring is 1. The van der Waals surface area contributed by atoms with E-state index in [9.17, 15) is 0 Å². The van der Waals surface area contributed by atoms with Crippen molar-refractivity contribution in [2.75, 3.05) is 48.4 Å². The molecule has 2 saturated heterocycles. The van der Waals surface area contributed by atoms with Crippen LogP contribution in [0.5, 0.6) is 0 Å². The van der Waals surface area contributed by atoms with Crippen LogP contribution in [0.15, 0.2) is 0 Å². The van der Waals surface area contributed by atoms with E-state index >= 15 is 0 Å². The maximum atomic E-state index is 5.91. The summed E-state index contributed by atoms with van der Waals surface area (Å²) in [6.07, 6.45) is 2.43. The first kappa shape index (κ1) is 14.3. The number of anilines is 3. The fourth-order valence-electron chi connectivity index (χ4n) is 3.02. The number of hydrogen-bond acceptors (Lipinski definition) is 7. The Morgan fingerprint density at radius 1 is 1.05 bits per heavy atom. The molecule has 1 aromatic rings. The van der Waals surface area contributed by atoms with E-state index in [-0.39, 0.29) is 0 Å². The van der Waals surface area contributed by atoms with Crippen molar-refractivity contribution in [2.24, 2.45) is 5.92 Å². The van der Waals surface area contributed by atoms with Gasteiger partial charge in [0.1, 0.15) is 0 Å². The molecule has 2 aliphatic rings. The highest BCUT2D eigenvalue weighted by Gasteiger charge is 2.28. The van der Waals surface area contributed by atoms with Gasteiger partial charge in [0.05, 0.1) is 13.2 Å². The van der Waals surface area contributed by atoms with Gasteiger partial charge in [0.25, 0.3) is 0 Å². The summed E-state index contributed by atoms with van der Waals surface area (Å²) in [5, 5.41) is 0. The van der Waals surface area contributed by atoms with Crippen LogP contribution in [0.2, 0.25) is 0 Å². The molecule has 7 heteroatoms. The Balaban J connectivity index is 1.86. The SMILES string of the molecule is CC1CCCN(c2nc(N)nc(N3CCOCC3)n2)C1C. The largest absolute Gasteiger partial charge is 0.378 e. The fourth-order valence-corrected chi connectivity index (χ4v) is 3.02. The fraction of sp³-hybridized carbons (Fsp3) is 0.786. The number of morpholine rings is 1. The second-order valence-corrected chi connectivity index (χ2v) is 5.95. The molecule has 2 fully saturated rings. The number of rotatable bonds is 2. The molecule has 2 atom stereocenters. The van der Waals surface area contributed by atoms with E-state index < -0.39 is 0 Å². The maximum Gasteiger partial charge on any atom is 0.232 e. The van der Waals surface area contributed by atoms with Gasteiger partial charge in [0.15, 0.2) is 0 Å².